The molecule has 0 aromatic heterocycles. The third-order valence-corrected chi connectivity index (χ3v) is 13.5. The lowest BCUT2D eigenvalue weighted by Gasteiger charge is -2.58. The Morgan fingerprint density at radius 3 is 2.23 bits per heavy atom. The van der Waals surface area contributed by atoms with Crippen LogP contribution in [0.15, 0.2) is 11.6 Å². The Hall–Kier alpha value is -0.580. The largest absolute Gasteiger partial charge is 0.388 e. The molecule has 272 valence electrons. The second kappa shape index (κ2) is 16.6. The van der Waals surface area contributed by atoms with Crippen LogP contribution in [0.3, 0.4) is 0 Å². The molecule has 1 heterocycles. The van der Waals surface area contributed by atoms with Crippen LogP contribution in [-0.2, 0) is 23.7 Å². The molecule has 0 radical (unpaired) electrons. The van der Waals surface area contributed by atoms with Gasteiger partial charge in [-0.1, -0.05) is 65.5 Å². The first kappa shape index (κ1) is 37.7. The van der Waals surface area contributed by atoms with Gasteiger partial charge in [0.25, 0.3) is 0 Å². The van der Waals surface area contributed by atoms with Gasteiger partial charge < -0.3 is 39.0 Å². The van der Waals surface area contributed by atoms with Gasteiger partial charge in [0.2, 0.25) is 0 Å². The first-order chi connectivity index (χ1) is 22.5. The Morgan fingerprint density at radius 1 is 0.809 bits per heavy atom. The highest BCUT2D eigenvalue weighted by Gasteiger charge is 2.59. The molecular formula is C39H68O8. The van der Waals surface area contributed by atoms with E-state index >= 15 is 0 Å². The molecule has 0 spiro atoms. The van der Waals surface area contributed by atoms with Crippen molar-refractivity contribution in [3.8, 4) is 0 Å². The Labute approximate surface area is 285 Å². The lowest BCUT2D eigenvalue weighted by molar-refractivity contribution is -0.294. The number of fused-ring (bicyclic) bond motifs is 5. The van der Waals surface area contributed by atoms with Crippen molar-refractivity contribution in [2.24, 2.45) is 46.3 Å². The fourth-order valence-corrected chi connectivity index (χ4v) is 10.8. The van der Waals surface area contributed by atoms with Crippen molar-refractivity contribution in [1.29, 1.82) is 0 Å². The summed E-state index contributed by atoms with van der Waals surface area (Å²) in [6.07, 6.45) is 12.3. The van der Waals surface area contributed by atoms with Gasteiger partial charge in [-0.15, -0.1) is 0 Å². The number of hydrogen-bond donors (Lipinski definition) is 3. The normalized spacial score (nSPS) is 42.5. The number of aliphatic hydroxyl groups excluding tert-OH is 3. The van der Waals surface area contributed by atoms with Crippen molar-refractivity contribution in [3.05, 3.63) is 11.6 Å². The number of hydrogen-bond acceptors (Lipinski definition) is 8. The van der Waals surface area contributed by atoms with Gasteiger partial charge in [-0.05, 0) is 105 Å². The maximum Gasteiger partial charge on any atom is 0.186 e. The van der Waals surface area contributed by atoms with Gasteiger partial charge >= 0.3 is 0 Å². The summed E-state index contributed by atoms with van der Waals surface area (Å²) in [6.45, 7) is 16.8. The third kappa shape index (κ3) is 8.49. The molecule has 1 saturated heterocycles. The molecular weight excluding hydrogens is 596 g/mol. The van der Waals surface area contributed by atoms with E-state index < -0.39 is 30.7 Å². The molecule has 0 unspecified atom stereocenters. The standard InChI is InChI=1S/C39H68O8/c1-25(2)8-7-9-26(3)31-12-13-32-30-11-10-28-24-29(14-16-38(28,5)33(30)15-17-39(31,32)6)45-22-20-43-18-19-44-21-23-46-37-36(42)35(41)34(40)27(4)47-37/h10,25-27,29-37,40-42H,7-9,11-24H2,1-6H3/t26-,27+,29+,30+,31-,32+,33+,34+,35-,36-,37-,38+,39-/m1/s1. The average molecular weight is 665 g/mol. The molecule has 4 aliphatic carbocycles. The summed E-state index contributed by atoms with van der Waals surface area (Å²) in [4.78, 5) is 0. The van der Waals surface area contributed by atoms with Crippen LogP contribution >= 0.6 is 0 Å². The van der Waals surface area contributed by atoms with Gasteiger partial charge in [0, 0.05) is 0 Å². The molecule has 5 rings (SSSR count). The minimum Gasteiger partial charge on any atom is -0.388 e. The van der Waals surface area contributed by atoms with Crippen LogP contribution in [0.2, 0.25) is 0 Å². The molecule has 0 aromatic carbocycles. The van der Waals surface area contributed by atoms with Gasteiger partial charge in [0.1, 0.15) is 18.3 Å². The van der Waals surface area contributed by atoms with Crippen LogP contribution in [0.25, 0.3) is 0 Å². The van der Waals surface area contributed by atoms with Crippen molar-refractivity contribution in [2.75, 3.05) is 39.6 Å². The molecule has 5 aliphatic rings. The monoisotopic (exact) mass is 664 g/mol. The quantitative estimate of drug-likeness (QED) is 0.131. The third-order valence-electron chi connectivity index (χ3n) is 13.5. The summed E-state index contributed by atoms with van der Waals surface area (Å²) in [5.41, 5.74) is 2.57. The Bertz CT molecular complexity index is 1000. The second-order valence-corrected chi connectivity index (χ2v) is 16.8. The number of ether oxygens (including phenoxy) is 5. The zero-order chi connectivity index (χ0) is 33.8. The molecule has 4 fully saturated rings. The fraction of sp³-hybridized carbons (Fsp3) is 0.949. The minimum absolute atomic E-state index is 0.205. The van der Waals surface area contributed by atoms with Crippen molar-refractivity contribution in [1.82, 2.24) is 0 Å². The Balaban J connectivity index is 0.974. The molecule has 0 bridgehead atoms. The fourth-order valence-electron chi connectivity index (χ4n) is 10.8. The molecule has 1 aliphatic heterocycles. The first-order valence-electron chi connectivity index (χ1n) is 19.2. The summed E-state index contributed by atoms with van der Waals surface area (Å²) in [6, 6.07) is 0. The van der Waals surface area contributed by atoms with Crippen molar-refractivity contribution in [2.45, 2.75) is 149 Å². The highest BCUT2D eigenvalue weighted by Crippen LogP contribution is 2.67. The predicted octanol–water partition coefficient (Wildman–Crippen LogP) is 6.29. The number of aliphatic hydroxyl groups is 3. The topological polar surface area (TPSA) is 107 Å². The zero-order valence-electron chi connectivity index (χ0n) is 30.4. The first-order valence-corrected chi connectivity index (χ1v) is 19.2. The maximum absolute atomic E-state index is 10.0. The van der Waals surface area contributed by atoms with E-state index in [1.807, 2.05) is 0 Å². The van der Waals surface area contributed by atoms with Gasteiger partial charge in [0.05, 0.1) is 51.8 Å². The van der Waals surface area contributed by atoms with E-state index in [0.29, 0.717) is 50.0 Å². The van der Waals surface area contributed by atoms with E-state index in [2.05, 4.69) is 40.7 Å². The predicted molar refractivity (Wildman–Crippen MR) is 183 cm³/mol. The molecule has 3 N–H and O–H groups in total. The van der Waals surface area contributed by atoms with E-state index in [1.54, 1.807) is 12.5 Å². The van der Waals surface area contributed by atoms with Crippen LogP contribution in [0.4, 0.5) is 0 Å². The van der Waals surface area contributed by atoms with Gasteiger partial charge in [-0.3, -0.25) is 0 Å². The minimum atomic E-state index is -1.30. The van der Waals surface area contributed by atoms with Crippen LogP contribution in [0.5, 0.6) is 0 Å². The maximum atomic E-state index is 10.0. The molecule has 0 aromatic rings. The van der Waals surface area contributed by atoms with E-state index in [-0.39, 0.29) is 6.61 Å². The summed E-state index contributed by atoms with van der Waals surface area (Å²) < 4.78 is 28.6. The van der Waals surface area contributed by atoms with E-state index in [0.717, 1.165) is 48.3 Å². The van der Waals surface area contributed by atoms with Crippen LogP contribution < -0.4 is 0 Å². The number of rotatable bonds is 16. The highest BCUT2D eigenvalue weighted by molar-refractivity contribution is 5.25. The van der Waals surface area contributed by atoms with Crippen LogP contribution in [0.1, 0.15) is 112 Å². The van der Waals surface area contributed by atoms with Crippen LogP contribution in [0, 0.1) is 46.3 Å². The van der Waals surface area contributed by atoms with Crippen molar-refractivity contribution >= 4 is 0 Å². The molecule has 0 amide bonds. The smallest absolute Gasteiger partial charge is 0.186 e. The van der Waals surface area contributed by atoms with Crippen molar-refractivity contribution in [3.63, 3.8) is 0 Å². The molecule has 8 heteroatoms. The summed E-state index contributed by atoms with van der Waals surface area (Å²) >= 11 is 0. The van der Waals surface area contributed by atoms with Gasteiger partial charge in [-0.25, -0.2) is 0 Å². The lowest BCUT2D eigenvalue weighted by atomic mass is 9.47. The average Bonchev–Trinajstić information content (AvgIpc) is 3.40. The molecule has 3 saturated carbocycles. The van der Waals surface area contributed by atoms with Gasteiger partial charge in [0.15, 0.2) is 6.29 Å². The molecule has 47 heavy (non-hydrogen) atoms. The summed E-state index contributed by atoms with van der Waals surface area (Å²) in [5.74, 6) is 5.22. The van der Waals surface area contributed by atoms with Crippen LogP contribution in [-0.4, -0.2) is 91.8 Å². The SMILES string of the molecule is CC(C)CCC[C@@H](C)[C@H]1CC[C@H]2[C@@H]3CC=C4C[C@@H](OCCOCCOCCO[C@@H]5O[C@@H](C)[C@H](O)[C@@H](O)[C@H]5O)CC[C@]4(C)[C@H]3CC[C@]12C. The second-order valence-electron chi connectivity index (χ2n) is 16.8. The van der Waals surface area contributed by atoms with E-state index in [1.165, 1.54) is 57.8 Å². The Kier molecular flexibility index (Phi) is 13.3. The zero-order valence-corrected chi connectivity index (χ0v) is 30.4. The molecule has 13 atom stereocenters. The number of allylic oxidation sites excluding steroid dienone is 1. The summed E-state index contributed by atoms with van der Waals surface area (Å²) in [5, 5.41) is 29.7. The van der Waals surface area contributed by atoms with E-state index in [9.17, 15) is 15.3 Å². The Morgan fingerprint density at radius 2 is 1.51 bits per heavy atom. The highest BCUT2D eigenvalue weighted by atomic mass is 16.7. The van der Waals surface area contributed by atoms with E-state index in [4.69, 9.17) is 23.7 Å². The summed E-state index contributed by atoms with van der Waals surface area (Å²) in [7, 11) is 0. The van der Waals surface area contributed by atoms with Crippen molar-refractivity contribution < 1.29 is 39.0 Å². The molecule has 8 nitrogen and oxygen atoms in total. The lowest BCUT2D eigenvalue weighted by Crippen LogP contribution is -2.57. The van der Waals surface area contributed by atoms with Gasteiger partial charge in [-0.2, -0.15) is 0 Å².